The summed E-state index contributed by atoms with van der Waals surface area (Å²) in [6.07, 6.45) is 2.15. The lowest BCUT2D eigenvalue weighted by molar-refractivity contribution is 0.102. The highest BCUT2D eigenvalue weighted by Gasteiger charge is 2.24. The Bertz CT molecular complexity index is 943. The van der Waals surface area contributed by atoms with Crippen molar-refractivity contribution in [1.82, 2.24) is 5.16 Å². The number of rotatable bonds is 3. The van der Waals surface area contributed by atoms with E-state index in [9.17, 15) is 4.79 Å². The van der Waals surface area contributed by atoms with Crippen LogP contribution in [0.1, 0.15) is 52.7 Å². The molecule has 0 bridgehead atoms. The molecule has 4 rings (SSSR count). The number of anilines is 1. The van der Waals surface area contributed by atoms with Crippen LogP contribution in [0.25, 0.3) is 10.8 Å². The first kappa shape index (κ1) is 14.9. The van der Waals surface area contributed by atoms with Crippen molar-refractivity contribution in [2.75, 3.05) is 5.32 Å². The van der Waals surface area contributed by atoms with Crippen molar-refractivity contribution in [2.24, 2.45) is 0 Å². The highest BCUT2D eigenvalue weighted by molar-refractivity contribution is 6.11. The quantitative estimate of drug-likeness (QED) is 0.766. The molecule has 1 amide bonds. The van der Waals surface area contributed by atoms with Gasteiger partial charge >= 0.3 is 0 Å². The highest BCUT2D eigenvalue weighted by Crippen LogP contribution is 2.35. The largest absolute Gasteiger partial charge is 0.360 e. The number of hydrogen-bond donors (Lipinski definition) is 1. The third-order valence-electron chi connectivity index (χ3n) is 4.77. The lowest BCUT2D eigenvalue weighted by Crippen LogP contribution is -2.15. The molecule has 24 heavy (non-hydrogen) atoms. The van der Waals surface area contributed by atoms with Gasteiger partial charge in [-0.1, -0.05) is 43.3 Å². The molecule has 0 atom stereocenters. The standard InChI is InChI=1S/C20H20N2O2/c1-11(2)19-17(12(3)22-24-19)20(23)21-16-10-9-14-8-7-13-5-4-6-15(16)18(13)14/h4-6,9-11H,7-8H2,1-3H3,(H,21,23). The third kappa shape index (κ3) is 2.21. The normalized spacial score (nSPS) is 13.0. The lowest BCUT2D eigenvalue weighted by atomic mass is 10.0. The van der Waals surface area contributed by atoms with Crippen LogP contribution < -0.4 is 5.32 Å². The minimum Gasteiger partial charge on any atom is -0.360 e. The zero-order valence-corrected chi connectivity index (χ0v) is 14.1. The second-order valence-corrected chi connectivity index (χ2v) is 6.73. The van der Waals surface area contributed by atoms with Gasteiger partial charge in [0.05, 0.1) is 5.69 Å². The second kappa shape index (κ2) is 5.48. The van der Waals surface area contributed by atoms with E-state index in [2.05, 4.69) is 34.7 Å². The molecule has 1 aliphatic rings. The molecule has 4 heteroatoms. The Morgan fingerprint density at radius 1 is 1.17 bits per heavy atom. The minimum atomic E-state index is -0.156. The van der Waals surface area contributed by atoms with E-state index in [1.54, 1.807) is 6.92 Å². The van der Waals surface area contributed by atoms with Crippen molar-refractivity contribution >= 4 is 22.4 Å². The first-order chi connectivity index (χ1) is 11.6. The van der Waals surface area contributed by atoms with Gasteiger partial charge in [-0.2, -0.15) is 0 Å². The molecule has 1 heterocycles. The highest BCUT2D eigenvalue weighted by atomic mass is 16.5. The molecule has 122 valence electrons. The molecular weight excluding hydrogens is 300 g/mol. The molecule has 3 aromatic rings. The number of carbonyl (C=O) groups excluding carboxylic acids is 1. The molecule has 1 aliphatic carbocycles. The molecule has 0 spiro atoms. The summed E-state index contributed by atoms with van der Waals surface area (Å²) >= 11 is 0. The summed E-state index contributed by atoms with van der Waals surface area (Å²) < 4.78 is 5.34. The van der Waals surface area contributed by atoms with Gasteiger partial charge in [0.25, 0.3) is 5.91 Å². The van der Waals surface area contributed by atoms with Crippen LogP contribution in [-0.4, -0.2) is 11.1 Å². The molecule has 0 saturated carbocycles. The number of benzene rings is 2. The number of carbonyl (C=O) groups is 1. The molecule has 2 aromatic carbocycles. The Kier molecular flexibility index (Phi) is 3.41. The summed E-state index contributed by atoms with van der Waals surface area (Å²) in [5.41, 5.74) is 4.75. The van der Waals surface area contributed by atoms with Gasteiger partial charge < -0.3 is 9.84 Å². The van der Waals surface area contributed by atoms with Crippen LogP contribution in [0.2, 0.25) is 0 Å². The molecule has 0 fully saturated rings. The van der Waals surface area contributed by atoms with Crippen molar-refractivity contribution in [3.8, 4) is 0 Å². The smallest absolute Gasteiger partial charge is 0.261 e. The van der Waals surface area contributed by atoms with Gasteiger partial charge in [0.2, 0.25) is 0 Å². The van der Waals surface area contributed by atoms with Crippen molar-refractivity contribution in [3.63, 3.8) is 0 Å². The van der Waals surface area contributed by atoms with Crippen LogP contribution in [0.5, 0.6) is 0 Å². The zero-order valence-electron chi connectivity index (χ0n) is 14.1. The fourth-order valence-electron chi connectivity index (χ4n) is 3.60. The van der Waals surface area contributed by atoms with E-state index in [0.717, 1.165) is 23.9 Å². The van der Waals surface area contributed by atoms with E-state index >= 15 is 0 Å². The van der Waals surface area contributed by atoms with Crippen molar-refractivity contribution in [2.45, 2.75) is 39.5 Å². The van der Waals surface area contributed by atoms with Crippen LogP contribution in [-0.2, 0) is 12.8 Å². The van der Waals surface area contributed by atoms with Gasteiger partial charge in [-0.15, -0.1) is 0 Å². The number of nitrogens with zero attached hydrogens (tertiary/aromatic N) is 1. The summed E-state index contributed by atoms with van der Waals surface area (Å²) in [7, 11) is 0. The fraction of sp³-hybridized carbons (Fsp3) is 0.300. The van der Waals surface area contributed by atoms with E-state index in [-0.39, 0.29) is 11.8 Å². The van der Waals surface area contributed by atoms with Crippen LogP contribution in [0, 0.1) is 6.92 Å². The van der Waals surface area contributed by atoms with E-state index in [0.29, 0.717) is 17.0 Å². The number of aromatic nitrogens is 1. The second-order valence-electron chi connectivity index (χ2n) is 6.73. The summed E-state index contributed by atoms with van der Waals surface area (Å²) in [6.45, 7) is 5.79. The Labute approximate surface area is 140 Å². The summed E-state index contributed by atoms with van der Waals surface area (Å²) in [5.74, 6) is 0.590. The average molecular weight is 320 g/mol. The minimum absolute atomic E-state index is 0.111. The fourth-order valence-corrected chi connectivity index (χ4v) is 3.60. The average Bonchev–Trinajstić information content (AvgIpc) is 3.15. The molecule has 4 nitrogen and oxygen atoms in total. The van der Waals surface area contributed by atoms with Gasteiger partial charge in [-0.05, 0) is 42.3 Å². The van der Waals surface area contributed by atoms with E-state index in [1.165, 1.54) is 16.5 Å². The number of amides is 1. The van der Waals surface area contributed by atoms with Gasteiger partial charge in [-0.3, -0.25) is 4.79 Å². The molecule has 0 radical (unpaired) electrons. The predicted octanol–water partition coefficient (Wildman–Crippen LogP) is 4.61. The van der Waals surface area contributed by atoms with Crippen LogP contribution >= 0.6 is 0 Å². The molecule has 0 saturated heterocycles. The number of hydrogen-bond acceptors (Lipinski definition) is 3. The SMILES string of the molecule is Cc1noc(C(C)C)c1C(=O)Nc1ccc2c3c(cccc13)CC2. The van der Waals surface area contributed by atoms with Crippen molar-refractivity contribution in [3.05, 3.63) is 58.5 Å². The Morgan fingerprint density at radius 3 is 2.67 bits per heavy atom. The van der Waals surface area contributed by atoms with Gasteiger partial charge in [0.15, 0.2) is 5.76 Å². The maximum atomic E-state index is 12.8. The third-order valence-corrected chi connectivity index (χ3v) is 4.77. The molecule has 1 aromatic heterocycles. The van der Waals surface area contributed by atoms with E-state index < -0.39 is 0 Å². The summed E-state index contributed by atoms with van der Waals surface area (Å²) in [6, 6.07) is 10.4. The van der Waals surface area contributed by atoms with Gasteiger partial charge in [0.1, 0.15) is 5.56 Å². The summed E-state index contributed by atoms with van der Waals surface area (Å²) in [5, 5.41) is 9.43. The van der Waals surface area contributed by atoms with Crippen LogP contribution in [0.3, 0.4) is 0 Å². The summed E-state index contributed by atoms with van der Waals surface area (Å²) in [4.78, 5) is 12.8. The van der Waals surface area contributed by atoms with Crippen LogP contribution in [0.4, 0.5) is 5.69 Å². The maximum absolute atomic E-state index is 12.8. The molecule has 0 unspecified atom stereocenters. The van der Waals surface area contributed by atoms with Gasteiger partial charge in [0, 0.05) is 17.0 Å². The van der Waals surface area contributed by atoms with Crippen molar-refractivity contribution < 1.29 is 9.32 Å². The predicted molar refractivity (Wildman–Crippen MR) is 94.6 cm³/mol. The molecular formula is C20H20N2O2. The topological polar surface area (TPSA) is 55.1 Å². The Morgan fingerprint density at radius 2 is 1.92 bits per heavy atom. The lowest BCUT2D eigenvalue weighted by Gasteiger charge is -2.11. The van der Waals surface area contributed by atoms with E-state index in [4.69, 9.17) is 4.52 Å². The number of nitrogens with one attached hydrogen (secondary N) is 1. The molecule has 0 aliphatic heterocycles. The van der Waals surface area contributed by atoms with E-state index in [1.807, 2.05) is 19.9 Å². The number of aryl methyl sites for hydroxylation is 3. The van der Waals surface area contributed by atoms with Crippen molar-refractivity contribution in [1.29, 1.82) is 0 Å². The first-order valence-corrected chi connectivity index (χ1v) is 8.37. The first-order valence-electron chi connectivity index (χ1n) is 8.37. The monoisotopic (exact) mass is 320 g/mol. The Hall–Kier alpha value is -2.62. The maximum Gasteiger partial charge on any atom is 0.261 e. The Balaban J connectivity index is 1.76. The van der Waals surface area contributed by atoms with Crippen LogP contribution in [0.15, 0.2) is 34.9 Å². The van der Waals surface area contributed by atoms with Gasteiger partial charge in [-0.25, -0.2) is 0 Å². The zero-order chi connectivity index (χ0) is 16.8. The molecule has 1 N–H and O–H groups in total.